The van der Waals surface area contributed by atoms with Crippen molar-refractivity contribution in [1.82, 2.24) is 14.5 Å². The summed E-state index contributed by atoms with van der Waals surface area (Å²) in [7, 11) is 2.08. The predicted molar refractivity (Wildman–Crippen MR) is 130 cm³/mol. The molecule has 0 aliphatic carbocycles. The van der Waals surface area contributed by atoms with Crippen LogP contribution in [0.25, 0.3) is 22.4 Å². The number of hydrogen-bond acceptors (Lipinski definition) is 4. The van der Waals surface area contributed by atoms with Crippen LogP contribution in [0.1, 0.15) is 33.0 Å². The van der Waals surface area contributed by atoms with Crippen molar-refractivity contribution in [2.75, 3.05) is 24.5 Å². The fraction of sp³-hybridized carbons (Fsp3) is 0.308. The van der Waals surface area contributed by atoms with E-state index >= 15 is 0 Å². The lowest BCUT2D eigenvalue weighted by Gasteiger charge is -2.29. The first kappa shape index (κ1) is 19.6. The second-order valence-electron chi connectivity index (χ2n) is 8.76. The number of likely N-dealkylation sites (tertiary alicyclic amines) is 1. The number of rotatable bonds is 3. The van der Waals surface area contributed by atoms with Crippen LogP contribution in [0, 0.1) is 0 Å². The van der Waals surface area contributed by atoms with E-state index in [0.717, 1.165) is 72.7 Å². The van der Waals surface area contributed by atoms with Gasteiger partial charge in [0.05, 0.1) is 15.9 Å². The van der Waals surface area contributed by atoms with E-state index in [1.165, 1.54) is 16.1 Å². The first-order chi connectivity index (χ1) is 15.7. The Morgan fingerprint density at radius 3 is 2.69 bits per heavy atom. The molecule has 2 aliphatic heterocycles. The minimum absolute atomic E-state index is 0.220. The molecule has 162 valence electrons. The fourth-order valence-corrected chi connectivity index (χ4v) is 6.11. The van der Waals surface area contributed by atoms with Gasteiger partial charge in [-0.2, -0.15) is 0 Å². The SMILES string of the molecule is Cn1c(-c2cccc(N3CCc4sc(C(=O)N5CCCC5)cc4C3)c2)nc2ccccc21. The Hall–Kier alpha value is -3.12. The smallest absolute Gasteiger partial charge is 0.263 e. The topological polar surface area (TPSA) is 41.4 Å². The van der Waals surface area contributed by atoms with Crippen molar-refractivity contribution in [3.8, 4) is 11.4 Å². The van der Waals surface area contributed by atoms with Gasteiger partial charge in [0, 0.05) is 49.4 Å². The number of aromatic nitrogens is 2. The zero-order valence-electron chi connectivity index (χ0n) is 18.3. The second-order valence-corrected chi connectivity index (χ2v) is 9.90. The average molecular weight is 443 g/mol. The first-order valence-electron chi connectivity index (χ1n) is 11.3. The molecule has 1 amide bonds. The highest BCUT2D eigenvalue weighted by molar-refractivity contribution is 7.14. The van der Waals surface area contributed by atoms with E-state index in [-0.39, 0.29) is 5.91 Å². The standard InChI is InChI=1S/C26H26N4OS/c1-28-22-10-3-2-9-21(22)27-25(28)18-7-6-8-20(15-18)30-14-11-23-19(17-30)16-24(32-23)26(31)29-12-4-5-13-29/h2-3,6-10,15-16H,4-5,11-14,17H2,1H3. The Bertz CT molecular complexity index is 1310. The maximum atomic E-state index is 12.8. The normalized spacial score (nSPS) is 16.0. The van der Waals surface area contributed by atoms with Gasteiger partial charge in [0.15, 0.2) is 0 Å². The lowest BCUT2D eigenvalue weighted by atomic mass is 10.1. The molecule has 0 atom stereocenters. The van der Waals surface area contributed by atoms with E-state index in [1.807, 2.05) is 11.0 Å². The molecule has 2 aliphatic rings. The molecule has 1 fully saturated rings. The van der Waals surface area contributed by atoms with E-state index in [0.29, 0.717) is 0 Å². The quantitative estimate of drug-likeness (QED) is 0.443. The first-order valence-corrected chi connectivity index (χ1v) is 12.2. The molecule has 0 N–H and O–H groups in total. The minimum Gasteiger partial charge on any atom is -0.367 e. The zero-order chi connectivity index (χ0) is 21.7. The molecule has 6 heteroatoms. The third-order valence-electron chi connectivity index (χ3n) is 6.73. The Labute approximate surface area is 191 Å². The third-order valence-corrected chi connectivity index (χ3v) is 7.95. The molecule has 1 saturated heterocycles. The number of fused-ring (bicyclic) bond motifs is 2. The van der Waals surface area contributed by atoms with Crippen molar-refractivity contribution in [1.29, 1.82) is 0 Å². The monoisotopic (exact) mass is 442 g/mol. The molecule has 6 rings (SSSR count). The van der Waals surface area contributed by atoms with Crippen LogP contribution < -0.4 is 4.90 Å². The lowest BCUT2D eigenvalue weighted by Crippen LogP contribution is -2.29. The number of benzene rings is 2. The van der Waals surface area contributed by atoms with Gasteiger partial charge in [0.2, 0.25) is 0 Å². The van der Waals surface area contributed by atoms with Crippen molar-refractivity contribution < 1.29 is 4.79 Å². The van der Waals surface area contributed by atoms with Gasteiger partial charge in [0.25, 0.3) is 5.91 Å². The molecule has 0 saturated carbocycles. The summed E-state index contributed by atoms with van der Waals surface area (Å²) in [4.78, 5) is 24.4. The molecule has 0 bridgehead atoms. The molecule has 5 nitrogen and oxygen atoms in total. The van der Waals surface area contributed by atoms with Gasteiger partial charge in [-0.25, -0.2) is 4.98 Å². The van der Waals surface area contributed by atoms with Crippen molar-refractivity contribution in [3.63, 3.8) is 0 Å². The summed E-state index contributed by atoms with van der Waals surface area (Å²) in [6.07, 6.45) is 3.25. The largest absolute Gasteiger partial charge is 0.367 e. The molecule has 0 unspecified atom stereocenters. The molecule has 0 spiro atoms. The lowest BCUT2D eigenvalue weighted by molar-refractivity contribution is 0.0797. The van der Waals surface area contributed by atoms with Crippen LogP contribution in [0.2, 0.25) is 0 Å². The summed E-state index contributed by atoms with van der Waals surface area (Å²) in [6.45, 7) is 3.63. The second kappa shape index (κ2) is 7.78. The molecule has 2 aromatic carbocycles. The van der Waals surface area contributed by atoms with E-state index in [2.05, 4.69) is 65.0 Å². The van der Waals surface area contributed by atoms with Gasteiger partial charge in [-0.3, -0.25) is 4.79 Å². The highest BCUT2D eigenvalue weighted by Gasteiger charge is 2.25. The summed E-state index contributed by atoms with van der Waals surface area (Å²) in [5.74, 6) is 1.21. The van der Waals surface area contributed by atoms with Crippen LogP contribution >= 0.6 is 11.3 Å². The van der Waals surface area contributed by atoms with Crippen LogP contribution in [0.3, 0.4) is 0 Å². The van der Waals surface area contributed by atoms with Crippen molar-refractivity contribution in [2.45, 2.75) is 25.8 Å². The molecule has 2 aromatic heterocycles. The maximum Gasteiger partial charge on any atom is 0.263 e. The number of carbonyl (C=O) groups excluding carboxylic acids is 1. The van der Waals surface area contributed by atoms with E-state index in [9.17, 15) is 4.79 Å². The van der Waals surface area contributed by atoms with E-state index < -0.39 is 0 Å². The van der Waals surface area contributed by atoms with Crippen molar-refractivity contribution in [3.05, 3.63) is 69.9 Å². The maximum absolute atomic E-state index is 12.8. The number of imidazole rings is 1. The summed E-state index contributed by atoms with van der Waals surface area (Å²) < 4.78 is 2.16. The zero-order valence-corrected chi connectivity index (χ0v) is 19.1. The number of hydrogen-bond donors (Lipinski definition) is 0. The van der Waals surface area contributed by atoms with Gasteiger partial charge >= 0.3 is 0 Å². The number of anilines is 1. The van der Waals surface area contributed by atoms with Gasteiger partial charge in [-0.05, 0) is 55.2 Å². The number of amides is 1. The Morgan fingerprint density at radius 1 is 1.00 bits per heavy atom. The van der Waals surface area contributed by atoms with Gasteiger partial charge < -0.3 is 14.4 Å². The van der Waals surface area contributed by atoms with Crippen LogP contribution in [0.4, 0.5) is 5.69 Å². The molecule has 0 radical (unpaired) electrons. The number of thiophene rings is 1. The molecule has 32 heavy (non-hydrogen) atoms. The average Bonchev–Trinajstić information content (AvgIpc) is 3.57. The molecule has 4 aromatic rings. The van der Waals surface area contributed by atoms with Gasteiger partial charge in [0.1, 0.15) is 5.82 Å². The molecular weight excluding hydrogens is 416 g/mol. The summed E-state index contributed by atoms with van der Waals surface area (Å²) in [5.41, 5.74) is 5.80. The summed E-state index contributed by atoms with van der Waals surface area (Å²) in [6, 6.07) is 19.1. The predicted octanol–water partition coefficient (Wildman–Crippen LogP) is 5.10. The van der Waals surface area contributed by atoms with Crippen LogP contribution in [0.5, 0.6) is 0 Å². The van der Waals surface area contributed by atoms with Crippen LogP contribution in [-0.2, 0) is 20.0 Å². The van der Waals surface area contributed by atoms with E-state index in [4.69, 9.17) is 4.98 Å². The van der Waals surface area contributed by atoms with Crippen molar-refractivity contribution in [2.24, 2.45) is 7.05 Å². The summed E-state index contributed by atoms with van der Waals surface area (Å²) >= 11 is 1.70. The van der Waals surface area contributed by atoms with Gasteiger partial charge in [-0.15, -0.1) is 11.3 Å². The fourth-order valence-electron chi connectivity index (χ4n) is 4.98. The number of para-hydroxylation sites is 2. The summed E-state index contributed by atoms with van der Waals surface area (Å²) in [5, 5.41) is 0. The number of carbonyl (C=O) groups is 1. The highest BCUT2D eigenvalue weighted by atomic mass is 32.1. The number of nitrogens with zero attached hydrogens (tertiary/aromatic N) is 4. The van der Waals surface area contributed by atoms with Gasteiger partial charge in [-0.1, -0.05) is 24.3 Å². The third kappa shape index (κ3) is 3.30. The van der Waals surface area contributed by atoms with Crippen LogP contribution in [-0.4, -0.2) is 40.0 Å². The Balaban J connectivity index is 1.27. The number of aryl methyl sites for hydroxylation is 1. The minimum atomic E-state index is 0.220. The van der Waals surface area contributed by atoms with E-state index in [1.54, 1.807) is 11.3 Å². The van der Waals surface area contributed by atoms with Crippen molar-refractivity contribution >= 4 is 34.0 Å². The highest BCUT2D eigenvalue weighted by Crippen LogP contribution is 2.33. The van der Waals surface area contributed by atoms with Crippen LogP contribution in [0.15, 0.2) is 54.6 Å². The Morgan fingerprint density at radius 2 is 1.84 bits per heavy atom. The Kier molecular flexibility index (Phi) is 4.76. The molecule has 4 heterocycles. The molecular formula is C26H26N4OS.